The van der Waals surface area contributed by atoms with Crippen molar-refractivity contribution in [1.29, 1.82) is 0 Å². The van der Waals surface area contributed by atoms with Gasteiger partial charge in [-0.05, 0) is 30.3 Å². The van der Waals surface area contributed by atoms with Crippen LogP contribution in [0.5, 0.6) is 10.9 Å². The van der Waals surface area contributed by atoms with Crippen LogP contribution in [0.2, 0.25) is 0 Å². The Balaban J connectivity index is 1.72. The van der Waals surface area contributed by atoms with Crippen LogP contribution in [0, 0.1) is 0 Å². The van der Waals surface area contributed by atoms with Gasteiger partial charge in [0.2, 0.25) is 0 Å². The molecule has 0 saturated carbocycles. The summed E-state index contributed by atoms with van der Waals surface area (Å²) in [4.78, 5) is 4.44. The van der Waals surface area contributed by atoms with Gasteiger partial charge in [0.05, 0.1) is 16.5 Å². The fourth-order valence-corrected chi connectivity index (χ4v) is 2.83. The summed E-state index contributed by atoms with van der Waals surface area (Å²) in [5.74, 6) is 0.738. The third-order valence-corrected chi connectivity index (χ3v) is 3.82. The van der Waals surface area contributed by atoms with Gasteiger partial charge in [0.15, 0.2) is 0 Å². The summed E-state index contributed by atoms with van der Waals surface area (Å²) >= 11 is 1.54. The summed E-state index contributed by atoms with van der Waals surface area (Å²) in [6.45, 7) is 0. The van der Waals surface area contributed by atoms with Gasteiger partial charge in [0.1, 0.15) is 11.3 Å². The van der Waals surface area contributed by atoms with E-state index in [4.69, 9.17) is 9.15 Å². The maximum absolute atomic E-state index is 5.79. The summed E-state index contributed by atoms with van der Waals surface area (Å²) in [7, 11) is 0. The standard InChI is InChI=1S/C15H9NO2S/c1-2-4-14-12(3-1)16-15(19-14)18-11-6-5-10-7-8-17-13(10)9-11/h1-9H. The van der Waals surface area contributed by atoms with Gasteiger partial charge < -0.3 is 9.15 Å². The normalized spacial score (nSPS) is 11.2. The molecule has 4 aromatic rings. The van der Waals surface area contributed by atoms with E-state index in [-0.39, 0.29) is 0 Å². The zero-order chi connectivity index (χ0) is 12.7. The first-order valence-electron chi connectivity index (χ1n) is 5.89. The van der Waals surface area contributed by atoms with Crippen molar-refractivity contribution in [2.24, 2.45) is 0 Å². The van der Waals surface area contributed by atoms with Crippen LogP contribution < -0.4 is 4.74 Å². The van der Waals surface area contributed by atoms with Crippen LogP contribution in [-0.2, 0) is 0 Å². The van der Waals surface area contributed by atoms with Gasteiger partial charge in [-0.1, -0.05) is 23.5 Å². The number of thiazole rings is 1. The number of hydrogen-bond donors (Lipinski definition) is 0. The highest BCUT2D eigenvalue weighted by molar-refractivity contribution is 7.20. The highest BCUT2D eigenvalue weighted by Gasteiger charge is 2.06. The van der Waals surface area contributed by atoms with Crippen LogP contribution in [0.3, 0.4) is 0 Å². The molecule has 0 unspecified atom stereocenters. The SMILES string of the molecule is c1ccc2sc(Oc3ccc4ccoc4c3)nc2c1. The molecule has 0 amide bonds. The molecule has 92 valence electrons. The lowest BCUT2D eigenvalue weighted by Gasteiger charge is -2.00. The van der Waals surface area contributed by atoms with Gasteiger partial charge >= 0.3 is 0 Å². The molecule has 2 heterocycles. The zero-order valence-corrected chi connectivity index (χ0v) is 10.7. The molecule has 2 aromatic heterocycles. The molecular weight excluding hydrogens is 258 g/mol. The third-order valence-electron chi connectivity index (χ3n) is 2.91. The Kier molecular flexibility index (Phi) is 2.28. The molecule has 2 aromatic carbocycles. The second-order valence-corrected chi connectivity index (χ2v) is 5.16. The number of rotatable bonds is 2. The summed E-state index contributed by atoms with van der Waals surface area (Å²) in [5.41, 5.74) is 1.78. The van der Waals surface area contributed by atoms with Crippen LogP contribution in [0.4, 0.5) is 0 Å². The second-order valence-electron chi connectivity index (χ2n) is 4.17. The lowest BCUT2D eigenvalue weighted by atomic mass is 10.2. The number of ether oxygens (including phenoxy) is 1. The Bertz CT molecular complexity index is 829. The number of fused-ring (bicyclic) bond motifs is 2. The Labute approximate surface area is 113 Å². The van der Waals surface area contributed by atoms with E-state index in [0.717, 1.165) is 26.9 Å². The minimum absolute atomic E-state index is 0.645. The quantitative estimate of drug-likeness (QED) is 0.521. The molecule has 0 radical (unpaired) electrons. The molecule has 0 saturated heterocycles. The van der Waals surface area contributed by atoms with Gasteiger partial charge in [-0.3, -0.25) is 0 Å². The highest BCUT2D eigenvalue weighted by Crippen LogP contribution is 2.32. The fourth-order valence-electron chi connectivity index (χ4n) is 1.99. The van der Waals surface area contributed by atoms with E-state index in [1.165, 1.54) is 11.3 Å². The van der Waals surface area contributed by atoms with Gasteiger partial charge in [0.25, 0.3) is 5.19 Å². The van der Waals surface area contributed by atoms with E-state index in [9.17, 15) is 0 Å². The average Bonchev–Trinajstić information content (AvgIpc) is 3.03. The van der Waals surface area contributed by atoms with Crippen LogP contribution >= 0.6 is 11.3 Å². The van der Waals surface area contributed by atoms with Gasteiger partial charge in [-0.2, -0.15) is 0 Å². The summed E-state index contributed by atoms with van der Waals surface area (Å²) < 4.78 is 12.3. The average molecular weight is 267 g/mol. The fraction of sp³-hybridized carbons (Fsp3) is 0. The molecular formula is C15H9NO2S. The summed E-state index contributed by atoms with van der Waals surface area (Å²) in [6.07, 6.45) is 1.67. The predicted octanol–water partition coefficient (Wildman–Crippen LogP) is 4.83. The molecule has 19 heavy (non-hydrogen) atoms. The molecule has 0 spiro atoms. The Morgan fingerprint density at radius 3 is 2.95 bits per heavy atom. The maximum atomic E-state index is 5.79. The molecule has 4 heteroatoms. The molecule has 0 N–H and O–H groups in total. The lowest BCUT2D eigenvalue weighted by Crippen LogP contribution is -1.81. The van der Waals surface area contributed by atoms with Gasteiger partial charge in [-0.25, -0.2) is 4.98 Å². The minimum Gasteiger partial charge on any atom is -0.464 e. The Morgan fingerprint density at radius 1 is 1.05 bits per heavy atom. The lowest BCUT2D eigenvalue weighted by molar-refractivity contribution is 0.479. The zero-order valence-electron chi connectivity index (χ0n) is 9.87. The van der Waals surface area contributed by atoms with Crippen LogP contribution in [0.15, 0.2) is 59.2 Å². The van der Waals surface area contributed by atoms with Crippen molar-refractivity contribution in [3.8, 4) is 10.9 Å². The van der Waals surface area contributed by atoms with E-state index in [1.54, 1.807) is 6.26 Å². The molecule has 4 rings (SSSR count). The number of para-hydroxylation sites is 1. The van der Waals surface area contributed by atoms with Crippen molar-refractivity contribution in [3.63, 3.8) is 0 Å². The van der Waals surface area contributed by atoms with E-state index in [2.05, 4.69) is 4.98 Å². The number of benzene rings is 2. The van der Waals surface area contributed by atoms with Crippen LogP contribution in [-0.4, -0.2) is 4.98 Å². The first kappa shape index (κ1) is 10.6. The van der Waals surface area contributed by atoms with E-state index >= 15 is 0 Å². The Hall–Kier alpha value is -2.33. The van der Waals surface area contributed by atoms with Crippen molar-refractivity contribution in [1.82, 2.24) is 4.98 Å². The van der Waals surface area contributed by atoms with Gasteiger partial charge in [-0.15, -0.1) is 0 Å². The van der Waals surface area contributed by atoms with Crippen molar-refractivity contribution < 1.29 is 9.15 Å². The van der Waals surface area contributed by atoms with Crippen LogP contribution in [0.1, 0.15) is 0 Å². The largest absolute Gasteiger partial charge is 0.464 e. The number of hydrogen-bond acceptors (Lipinski definition) is 4. The van der Waals surface area contributed by atoms with Crippen molar-refractivity contribution in [2.45, 2.75) is 0 Å². The third kappa shape index (κ3) is 1.86. The molecule has 0 fully saturated rings. The predicted molar refractivity (Wildman–Crippen MR) is 75.9 cm³/mol. The van der Waals surface area contributed by atoms with E-state index in [1.807, 2.05) is 48.5 Å². The molecule has 0 bridgehead atoms. The maximum Gasteiger partial charge on any atom is 0.279 e. The van der Waals surface area contributed by atoms with Crippen molar-refractivity contribution >= 4 is 32.5 Å². The molecule has 3 nitrogen and oxygen atoms in total. The number of furan rings is 1. The summed E-state index contributed by atoms with van der Waals surface area (Å²) in [6, 6.07) is 15.7. The highest BCUT2D eigenvalue weighted by atomic mass is 32.1. The molecule has 0 aliphatic heterocycles. The molecule has 0 aliphatic carbocycles. The first-order chi connectivity index (χ1) is 9.38. The minimum atomic E-state index is 0.645. The topological polar surface area (TPSA) is 35.3 Å². The first-order valence-corrected chi connectivity index (χ1v) is 6.71. The van der Waals surface area contributed by atoms with Gasteiger partial charge in [0, 0.05) is 11.5 Å². The molecule has 0 atom stereocenters. The van der Waals surface area contributed by atoms with E-state index < -0.39 is 0 Å². The van der Waals surface area contributed by atoms with Crippen molar-refractivity contribution in [2.75, 3.05) is 0 Å². The van der Waals surface area contributed by atoms with Crippen molar-refractivity contribution in [3.05, 3.63) is 54.8 Å². The summed E-state index contributed by atoms with van der Waals surface area (Å²) in [5, 5.41) is 1.71. The monoisotopic (exact) mass is 267 g/mol. The van der Waals surface area contributed by atoms with E-state index in [0.29, 0.717) is 5.19 Å². The second kappa shape index (κ2) is 4.10. The smallest absolute Gasteiger partial charge is 0.279 e. The van der Waals surface area contributed by atoms with Crippen LogP contribution in [0.25, 0.3) is 21.2 Å². The number of nitrogens with zero attached hydrogens (tertiary/aromatic N) is 1. The molecule has 0 aliphatic rings. The number of aromatic nitrogens is 1. The Morgan fingerprint density at radius 2 is 2.00 bits per heavy atom.